The third-order valence-corrected chi connectivity index (χ3v) is 7.95. The molecule has 3 aliphatic heterocycles. The number of nitrogens with zero attached hydrogens (tertiary/aromatic N) is 3. The molecule has 202 valence electrons. The number of carbonyl (C=O) groups is 1. The summed E-state index contributed by atoms with van der Waals surface area (Å²) in [6, 6.07) is 11.1. The summed E-state index contributed by atoms with van der Waals surface area (Å²) < 4.78 is 12.2. The maximum Gasteiger partial charge on any atom is 0.325 e. The zero-order chi connectivity index (χ0) is 26.3. The van der Waals surface area contributed by atoms with Crippen molar-refractivity contribution in [2.24, 2.45) is 0 Å². The number of anilines is 1. The number of aromatic nitrogens is 1. The topological polar surface area (TPSA) is 108 Å². The SMILES string of the molecule is N#Cc1ccc([C@H](C(=O)O)N2CC[C@@H](OCCCCc3ccc4c(n3)NCCC4)C2)c(C2CCCCO2)c1. The van der Waals surface area contributed by atoms with Crippen molar-refractivity contribution in [3.63, 3.8) is 0 Å². The summed E-state index contributed by atoms with van der Waals surface area (Å²) >= 11 is 0. The van der Waals surface area contributed by atoms with Crippen LogP contribution >= 0.6 is 0 Å². The molecule has 0 bridgehead atoms. The van der Waals surface area contributed by atoms with Crippen molar-refractivity contribution in [2.45, 2.75) is 76.0 Å². The fourth-order valence-electron chi connectivity index (χ4n) is 5.93. The number of nitrogens with one attached hydrogen (secondary N) is 1. The number of nitriles is 1. The molecule has 3 atom stereocenters. The normalized spacial score (nSPS) is 22.3. The Balaban J connectivity index is 1.15. The second kappa shape index (κ2) is 12.7. The Bertz CT molecular complexity index is 1160. The molecule has 1 aromatic heterocycles. The summed E-state index contributed by atoms with van der Waals surface area (Å²) in [5, 5.41) is 23.1. The van der Waals surface area contributed by atoms with Crippen LogP contribution in [0.1, 0.15) is 85.0 Å². The highest BCUT2D eigenvalue weighted by molar-refractivity contribution is 5.76. The van der Waals surface area contributed by atoms with Crippen LogP contribution < -0.4 is 5.32 Å². The van der Waals surface area contributed by atoms with Crippen LogP contribution in [0.2, 0.25) is 0 Å². The molecule has 0 radical (unpaired) electrons. The van der Waals surface area contributed by atoms with Gasteiger partial charge in [0.25, 0.3) is 0 Å². The van der Waals surface area contributed by atoms with E-state index in [2.05, 4.69) is 23.5 Å². The highest BCUT2D eigenvalue weighted by atomic mass is 16.5. The van der Waals surface area contributed by atoms with Gasteiger partial charge in [0.1, 0.15) is 11.9 Å². The number of carboxylic acid groups (broad SMARTS) is 1. The van der Waals surface area contributed by atoms with Crippen LogP contribution in [0.4, 0.5) is 5.82 Å². The zero-order valence-corrected chi connectivity index (χ0v) is 22.0. The van der Waals surface area contributed by atoms with Crippen LogP contribution in [-0.4, -0.2) is 59.9 Å². The van der Waals surface area contributed by atoms with Crippen molar-refractivity contribution in [1.29, 1.82) is 5.26 Å². The number of hydrogen-bond acceptors (Lipinski definition) is 7. The van der Waals surface area contributed by atoms with Gasteiger partial charge in [-0.2, -0.15) is 5.26 Å². The molecule has 1 unspecified atom stereocenters. The monoisotopic (exact) mass is 518 g/mol. The van der Waals surface area contributed by atoms with Crippen LogP contribution in [0.25, 0.3) is 0 Å². The Kier molecular flexibility index (Phi) is 8.90. The van der Waals surface area contributed by atoms with E-state index in [1.807, 2.05) is 17.0 Å². The average molecular weight is 519 g/mol. The molecule has 0 amide bonds. The first-order valence-electron chi connectivity index (χ1n) is 14.1. The van der Waals surface area contributed by atoms with Crippen molar-refractivity contribution >= 4 is 11.8 Å². The molecule has 2 aromatic rings. The Labute approximate surface area is 225 Å². The van der Waals surface area contributed by atoms with Crippen LogP contribution in [0.5, 0.6) is 0 Å². The summed E-state index contributed by atoms with van der Waals surface area (Å²) in [7, 11) is 0. The predicted octanol–water partition coefficient (Wildman–Crippen LogP) is 4.79. The lowest BCUT2D eigenvalue weighted by atomic mass is 9.90. The molecule has 0 saturated carbocycles. The number of likely N-dealkylation sites (tertiary alicyclic amines) is 1. The van der Waals surface area contributed by atoms with E-state index in [0.717, 1.165) is 80.6 Å². The first-order chi connectivity index (χ1) is 18.6. The molecule has 1 aromatic carbocycles. The van der Waals surface area contributed by atoms with E-state index < -0.39 is 12.0 Å². The van der Waals surface area contributed by atoms with E-state index in [1.54, 1.807) is 6.07 Å². The number of aliphatic carboxylic acids is 1. The van der Waals surface area contributed by atoms with E-state index in [1.165, 1.54) is 12.0 Å². The summed E-state index contributed by atoms with van der Waals surface area (Å²) in [5.41, 5.74) is 4.54. The number of aryl methyl sites for hydroxylation is 2. The third kappa shape index (κ3) is 6.35. The number of hydrogen-bond donors (Lipinski definition) is 2. The van der Waals surface area contributed by atoms with E-state index >= 15 is 0 Å². The lowest BCUT2D eigenvalue weighted by Gasteiger charge is -2.30. The fraction of sp³-hybridized carbons (Fsp3) is 0.567. The number of benzene rings is 1. The van der Waals surface area contributed by atoms with Gasteiger partial charge in [-0.25, -0.2) is 4.98 Å². The summed E-state index contributed by atoms with van der Waals surface area (Å²) in [4.78, 5) is 19.3. The first kappa shape index (κ1) is 26.6. The summed E-state index contributed by atoms with van der Waals surface area (Å²) in [6.45, 7) is 3.58. The third-order valence-electron chi connectivity index (χ3n) is 7.95. The van der Waals surface area contributed by atoms with E-state index in [-0.39, 0.29) is 12.2 Å². The van der Waals surface area contributed by atoms with Gasteiger partial charge in [0.05, 0.1) is 23.8 Å². The molecular weight excluding hydrogens is 480 g/mol. The fourth-order valence-corrected chi connectivity index (χ4v) is 5.93. The predicted molar refractivity (Wildman–Crippen MR) is 144 cm³/mol. The van der Waals surface area contributed by atoms with Gasteiger partial charge in [-0.15, -0.1) is 0 Å². The molecule has 0 aliphatic carbocycles. The van der Waals surface area contributed by atoms with Crippen LogP contribution in [0, 0.1) is 11.3 Å². The minimum absolute atomic E-state index is 0.0238. The second-order valence-electron chi connectivity index (χ2n) is 10.6. The van der Waals surface area contributed by atoms with Crippen molar-refractivity contribution in [3.8, 4) is 6.07 Å². The van der Waals surface area contributed by atoms with Crippen LogP contribution in [-0.2, 0) is 27.1 Å². The molecule has 2 fully saturated rings. The van der Waals surface area contributed by atoms with Crippen LogP contribution in [0.15, 0.2) is 30.3 Å². The second-order valence-corrected chi connectivity index (χ2v) is 10.6. The maximum absolute atomic E-state index is 12.5. The number of ether oxygens (including phenoxy) is 2. The van der Waals surface area contributed by atoms with Gasteiger partial charge in [0.2, 0.25) is 0 Å². The zero-order valence-electron chi connectivity index (χ0n) is 22.0. The van der Waals surface area contributed by atoms with Gasteiger partial charge >= 0.3 is 5.97 Å². The summed E-state index contributed by atoms with van der Waals surface area (Å²) in [5.74, 6) is 0.170. The molecule has 4 heterocycles. The van der Waals surface area contributed by atoms with E-state index in [0.29, 0.717) is 31.9 Å². The number of carboxylic acids is 1. The Hall–Kier alpha value is -2.99. The number of fused-ring (bicyclic) bond motifs is 1. The Morgan fingerprint density at radius 1 is 1.24 bits per heavy atom. The molecular formula is C30H38N4O4. The molecule has 5 rings (SSSR count). The van der Waals surface area contributed by atoms with Gasteiger partial charge < -0.3 is 19.9 Å². The standard InChI is InChI=1S/C30H38N4O4/c31-19-21-9-12-25(26(18-21)27-8-2-4-17-38-27)28(30(35)36)34-15-13-24(20-34)37-16-3-1-7-23-11-10-22-6-5-14-32-29(22)33-23/h9-12,18,24,27-28H,1-8,13-17,20H2,(H,32,33)(H,35,36)/t24-,27?,28-/m1/s1. The van der Waals surface area contributed by atoms with Crippen LogP contribution in [0.3, 0.4) is 0 Å². The first-order valence-corrected chi connectivity index (χ1v) is 14.1. The van der Waals surface area contributed by atoms with Crippen molar-refractivity contribution < 1.29 is 19.4 Å². The largest absolute Gasteiger partial charge is 0.480 e. The van der Waals surface area contributed by atoms with Gasteiger partial charge in [0.15, 0.2) is 0 Å². The van der Waals surface area contributed by atoms with Crippen molar-refractivity contribution in [2.75, 3.05) is 38.2 Å². The molecule has 2 N–H and O–H groups in total. The molecule has 8 nitrogen and oxygen atoms in total. The lowest BCUT2D eigenvalue weighted by molar-refractivity contribution is -0.143. The van der Waals surface area contributed by atoms with E-state index in [9.17, 15) is 15.2 Å². The van der Waals surface area contributed by atoms with E-state index in [4.69, 9.17) is 14.5 Å². The molecule has 38 heavy (non-hydrogen) atoms. The highest BCUT2D eigenvalue weighted by Crippen LogP contribution is 2.37. The smallest absolute Gasteiger partial charge is 0.325 e. The van der Waals surface area contributed by atoms with Gasteiger partial charge in [-0.05, 0) is 92.7 Å². The maximum atomic E-state index is 12.5. The number of pyridine rings is 1. The Morgan fingerprint density at radius 2 is 2.16 bits per heavy atom. The number of unbranched alkanes of at least 4 members (excludes halogenated alkanes) is 1. The quantitative estimate of drug-likeness (QED) is 0.432. The lowest BCUT2D eigenvalue weighted by Crippen LogP contribution is -2.34. The van der Waals surface area contributed by atoms with Crippen molar-refractivity contribution in [1.82, 2.24) is 9.88 Å². The highest BCUT2D eigenvalue weighted by Gasteiger charge is 2.36. The van der Waals surface area contributed by atoms with Gasteiger partial charge in [-0.1, -0.05) is 12.1 Å². The molecule has 0 spiro atoms. The van der Waals surface area contributed by atoms with Gasteiger partial charge in [-0.3, -0.25) is 9.69 Å². The molecule has 2 saturated heterocycles. The molecule has 8 heteroatoms. The van der Waals surface area contributed by atoms with Gasteiger partial charge in [0, 0.05) is 38.5 Å². The molecule has 3 aliphatic rings. The Morgan fingerprint density at radius 3 is 2.97 bits per heavy atom. The number of rotatable bonds is 10. The minimum atomic E-state index is -0.876. The minimum Gasteiger partial charge on any atom is -0.480 e. The average Bonchev–Trinajstić information content (AvgIpc) is 3.41. The van der Waals surface area contributed by atoms with Crippen molar-refractivity contribution in [3.05, 3.63) is 58.3 Å². The summed E-state index contributed by atoms with van der Waals surface area (Å²) in [6.07, 6.45) is 8.73.